The monoisotopic (exact) mass is 515 g/mol. The molecule has 5 heterocycles. The molecule has 0 bridgehead atoms. The summed E-state index contributed by atoms with van der Waals surface area (Å²) < 4.78 is 9.97. The third-order valence-corrected chi connectivity index (χ3v) is 7.48. The summed E-state index contributed by atoms with van der Waals surface area (Å²) in [6.07, 6.45) is 3.90. The van der Waals surface area contributed by atoms with E-state index in [2.05, 4.69) is 62.7 Å². The van der Waals surface area contributed by atoms with Crippen LogP contribution >= 0.6 is 11.6 Å². The number of nitrogens with zero attached hydrogens (tertiary/aromatic N) is 6. The zero-order chi connectivity index (χ0) is 25.4. The second-order valence-corrected chi connectivity index (χ2v) is 9.98. The van der Waals surface area contributed by atoms with Crippen LogP contribution in [0.5, 0.6) is 0 Å². The first-order chi connectivity index (χ1) is 18.2. The van der Waals surface area contributed by atoms with Gasteiger partial charge in [-0.2, -0.15) is 0 Å². The van der Waals surface area contributed by atoms with Crippen molar-refractivity contribution >= 4 is 39.5 Å². The van der Waals surface area contributed by atoms with E-state index >= 15 is 0 Å². The number of ether oxygens (including phenoxy) is 1. The van der Waals surface area contributed by atoms with Crippen molar-refractivity contribution in [2.24, 2.45) is 13.0 Å². The van der Waals surface area contributed by atoms with E-state index in [9.17, 15) is 0 Å². The Bertz CT molecular complexity index is 1520. The molecule has 0 aliphatic carbocycles. The van der Waals surface area contributed by atoms with Crippen LogP contribution in [0.4, 0.5) is 5.82 Å². The van der Waals surface area contributed by atoms with Crippen LogP contribution < -0.4 is 5.32 Å². The molecule has 1 saturated heterocycles. The Balaban J connectivity index is 1.65. The minimum Gasteiger partial charge on any atom is -0.381 e. The zero-order valence-electron chi connectivity index (χ0n) is 21.1. The molecule has 190 valence electrons. The van der Waals surface area contributed by atoms with E-state index in [1.807, 2.05) is 30.9 Å². The van der Waals surface area contributed by atoms with E-state index in [1.165, 1.54) is 5.56 Å². The van der Waals surface area contributed by atoms with Gasteiger partial charge in [-0.05, 0) is 49.4 Å². The first-order valence-electron chi connectivity index (χ1n) is 12.8. The summed E-state index contributed by atoms with van der Waals surface area (Å²) in [6, 6.07) is 17.2. The maximum atomic E-state index is 5.96. The van der Waals surface area contributed by atoms with Crippen molar-refractivity contribution in [3.63, 3.8) is 0 Å². The molecule has 0 spiro atoms. The number of alkyl halides is 1. The third kappa shape index (κ3) is 4.34. The largest absolute Gasteiger partial charge is 0.381 e. The molecule has 1 N–H and O–H groups in total. The molecule has 5 aromatic rings. The Kier molecular flexibility index (Phi) is 6.52. The van der Waals surface area contributed by atoms with Crippen LogP contribution in [0.1, 0.15) is 30.1 Å². The van der Waals surface area contributed by atoms with E-state index in [-0.39, 0.29) is 6.04 Å². The van der Waals surface area contributed by atoms with E-state index in [0.717, 1.165) is 70.9 Å². The lowest BCUT2D eigenvalue weighted by Crippen LogP contribution is -2.27. The van der Waals surface area contributed by atoms with Crippen LogP contribution in [-0.4, -0.2) is 55.2 Å². The Labute approximate surface area is 220 Å². The number of benzene rings is 1. The Morgan fingerprint density at radius 2 is 1.95 bits per heavy atom. The van der Waals surface area contributed by atoms with Gasteiger partial charge in [-0.15, -0.1) is 16.7 Å². The van der Waals surface area contributed by atoms with Crippen LogP contribution in [-0.2, 0) is 11.8 Å². The van der Waals surface area contributed by atoms with Gasteiger partial charge in [-0.1, -0.05) is 35.5 Å². The van der Waals surface area contributed by atoms with Gasteiger partial charge < -0.3 is 14.6 Å². The molecule has 1 unspecified atom stereocenters. The standard InChI is InChI=1S/C28H30ClN7O/c1-18-26(35(2)34-33-18)21-16-23-25(31-17-21)22-8-9-24(30-13-12-29)32-28(22)36(23)27(19-6-4-3-5-7-19)20-10-14-37-15-11-20/h3-9,16-17,20,27H,10-15H2,1-2H3,(H,30,32). The fourth-order valence-corrected chi connectivity index (χ4v) is 5.72. The lowest BCUT2D eigenvalue weighted by Gasteiger charge is -2.32. The summed E-state index contributed by atoms with van der Waals surface area (Å²) in [5.41, 5.74) is 7.00. The van der Waals surface area contributed by atoms with Crippen molar-refractivity contribution in [1.82, 2.24) is 29.5 Å². The molecule has 37 heavy (non-hydrogen) atoms. The number of aromatic nitrogens is 6. The van der Waals surface area contributed by atoms with Crippen molar-refractivity contribution < 1.29 is 4.74 Å². The van der Waals surface area contributed by atoms with Crippen molar-refractivity contribution in [1.29, 1.82) is 0 Å². The van der Waals surface area contributed by atoms with Crippen molar-refractivity contribution in [3.05, 3.63) is 66.0 Å². The quantitative estimate of drug-likeness (QED) is 0.294. The first-order valence-corrected chi connectivity index (χ1v) is 13.3. The number of halogens is 1. The van der Waals surface area contributed by atoms with Crippen molar-refractivity contribution in [3.8, 4) is 11.3 Å². The summed E-state index contributed by atoms with van der Waals surface area (Å²) in [4.78, 5) is 10.1. The molecule has 1 aromatic carbocycles. The lowest BCUT2D eigenvalue weighted by atomic mass is 9.86. The lowest BCUT2D eigenvalue weighted by molar-refractivity contribution is 0.0552. The molecule has 4 aromatic heterocycles. The Morgan fingerprint density at radius 3 is 2.68 bits per heavy atom. The zero-order valence-corrected chi connectivity index (χ0v) is 21.8. The van der Waals surface area contributed by atoms with E-state index in [0.29, 0.717) is 18.3 Å². The summed E-state index contributed by atoms with van der Waals surface area (Å²) in [6.45, 7) is 4.17. The fraction of sp³-hybridized carbons (Fsp3) is 0.357. The van der Waals surface area contributed by atoms with Crippen molar-refractivity contribution in [2.45, 2.75) is 25.8 Å². The molecule has 0 amide bonds. The predicted molar refractivity (Wildman–Crippen MR) is 147 cm³/mol. The molecule has 8 nitrogen and oxygen atoms in total. The summed E-state index contributed by atoms with van der Waals surface area (Å²) in [5, 5.41) is 12.9. The highest BCUT2D eigenvalue weighted by Crippen LogP contribution is 2.41. The number of aryl methyl sites for hydroxylation is 2. The number of fused-ring (bicyclic) bond motifs is 3. The molecule has 1 aliphatic rings. The molecule has 0 saturated carbocycles. The van der Waals surface area contributed by atoms with Gasteiger partial charge in [0.2, 0.25) is 0 Å². The van der Waals surface area contributed by atoms with Gasteiger partial charge in [-0.25, -0.2) is 9.67 Å². The minimum absolute atomic E-state index is 0.0867. The number of hydrogen-bond donors (Lipinski definition) is 1. The molecule has 0 radical (unpaired) electrons. The van der Waals surface area contributed by atoms with E-state index in [1.54, 1.807) is 0 Å². The molecule has 1 aliphatic heterocycles. The minimum atomic E-state index is 0.0867. The Hall–Kier alpha value is -3.49. The van der Waals surface area contributed by atoms with Crippen LogP contribution in [0, 0.1) is 12.8 Å². The molecular formula is C28H30ClN7O. The highest BCUT2D eigenvalue weighted by Gasteiger charge is 2.31. The summed E-state index contributed by atoms with van der Waals surface area (Å²) in [5.74, 6) is 1.73. The van der Waals surface area contributed by atoms with Gasteiger partial charge in [0, 0.05) is 49.8 Å². The average Bonchev–Trinajstić information content (AvgIpc) is 3.44. The van der Waals surface area contributed by atoms with Gasteiger partial charge in [0.1, 0.15) is 11.5 Å². The van der Waals surface area contributed by atoms with Crippen LogP contribution in [0.15, 0.2) is 54.7 Å². The molecule has 1 atom stereocenters. The molecule has 9 heteroatoms. The van der Waals surface area contributed by atoms with Crippen molar-refractivity contribution in [2.75, 3.05) is 31.0 Å². The number of anilines is 1. The van der Waals surface area contributed by atoms with E-state index in [4.69, 9.17) is 26.3 Å². The molecule has 1 fully saturated rings. The predicted octanol–water partition coefficient (Wildman–Crippen LogP) is 5.36. The maximum absolute atomic E-state index is 5.96. The first kappa shape index (κ1) is 23.9. The second kappa shape index (κ2) is 10.1. The second-order valence-electron chi connectivity index (χ2n) is 9.60. The number of nitrogens with one attached hydrogen (secondary N) is 1. The van der Waals surface area contributed by atoms with E-state index < -0.39 is 0 Å². The highest BCUT2D eigenvalue weighted by molar-refractivity contribution is 6.18. The number of rotatable bonds is 7. The van der Waals surface area contributed by atoms with Crippen LogP contribution in [0.3, 0.4) is 0 Å². The normalized spacial score (nSPS) is 15.4. The number of hydrogen-bond acceptors (Lipinski definition) is 6. The van der Waals surface area contributed by atoms with Crippen LogP contribution in [0.2, 0.25) is 0 Å². The van der Waals surface area contributed by atoms with Crippen LogP contribution in [0.25, 0.3) is 33.3 Å². The van der Waals surface area contributed by atoms with Gasteiger partial charge in [0.05, 0.1) is 28.5 Å². The topological polar surface area (TPSA) is 82.7 Å². The highest BCUT2D eigenvalue weighted by atomic mass is 35.5. The van der Waals surface area contributed by atoms with Gasteiger partial charge >= 0.3 is 0 Å². The summed E-state index contributed by atoms with van der Waals surface area (Å²) >= 11 is 5.96. The van der Waals surface area contributed by atoms with Gasteiger partial charge in [-0.3, -0.25) is 4.98 Å². The van der Waals surface area contributed by atoms with Gasteiger partial charge in [0.25, 0.3) is 0 Å². The fourth-order valence-electron chi connectivity index (χ4n) is 5.63. The Morgan fingerprint density at radius 1 is 1.14 bits per heavy atom. The maximum Gasteiger partial charge on any atom is 0.145 e. The molecule has 6 rings (SSSR count). The summed E-state index contributed by atoms with van der Waals surface area (Å²) in [7, 11) is 1.92. The SMILES string of the molecule is Cc1nnn(C)c1-c1cnc2c3ccc(NCCCl)nc3n(C(c3ccccc3)C3CCOCC3)c2c1. The average molecular weight is 516 g/mol. The third-order valence-electron chi connectivity index (χ3n) is 7.29. The molecular weight excluding hydrogens is 486 g/mol. The van der Waals surface area contributed by atoms with Gasteiger partial charge in [0.15, 0.2) is 0 Å². The smallest absolute Gasteiger partial charge is 0.145 e. The number of pyridine rings is 2.